The number of hydrogen-bond donors (Lipinski definition) is 2. The minimum Gasteiger partial charge on any atom is -0.504 e. The first-order valence-corrected chi connectivity index (χ1v) is 6.64. The van der Waals surface area contributed by atoms with Gasteiger partial charge in [0.25, 0.3) is 0 Å². The molecule has 0 spiro atoms. The molecule has 0 amide bonds. The zero-order valence-corrected chi connectivity index (χ0v) is 11.8. The highest BCUT2D eigenvalue weighted by atomic mass is 79.9. The van der Waals surface area contributed by atoms with Crippen LogP contribution < -0.4 is 10.5 Å². The Morgan fingerprint density at radius 2 is 2.00 bits per heavy atom. The molecule has 0 heterocycles. The first-order valence-electron chi connectivity index (χ1n) is 5.85. The van der Waals surface area contributed by atoms with Crippen LogP contribution in [0, 0.1) is 6.92 Å². The highest BCUT2D eigenvalue weighted by molar-refractivity contribution is 9.10. The number of aromatic hydroxyl groups is 1. The molecule has 1 aromatic carbocycles. The fourth-order valence-corrected chi connectivity index (χ4v) is 3.14. The van der Waals surface area contributed by atoms with E-state index >= 15 is 0 Å². The van der Waals surface area contributed by atoms with Crippen molar-refractivity contribution in [1.82, 2.24) is 0 Å². The molecule has 0 bridgehead atoms. The van der Waals surface area contributed by atoms with Crippen molar-refractivity contribution in [2.24, 2.45) is 5.73 Å². The van der Waals surface area contributed by atoms with Gasteiger partial charge in [-0.2, -0.15) is 0 Å². The lowest BCUT2D eigenvalue weighted by Gasteiger charge is -2.28. The summed E-state index contributed by atoms with van der Waals surface area (Å²) in [4.78, 5) is 0. The highest BCUT2D eigenvalue weighted by Gasteiger charge is 2.36. The molecule has 3 nitrogen and oxygen atoms in total. The second-order valence-electron chi connectivity index (χ2n) is 4.77. The molecule has 1 aliphatic rings. The van der Waals surface area contributed by atoms with Crippen LogP contribution in [0.2, 0.25) is 0 Å². The predicted molar refractivity (Wildman–Crippen MR) is 71.4 cm³/mol. The molecule has 1 aromatic rings. The summed E-state index contributed by atoms with van der Waals surface area (Å²) < 4.78 is 6.12. The van der Waals surface area contributed by atoms with Gasteiger partial charge in [-0.25, -0.2) is 0 Å². The van der Waals surface area contributed by atoms with Crippen LogP contribution in [0.1, 0.15) is 36.8 Å². The fourth-order valence-electron chi connectivity index (χ4n) is 2.73. The van der Waals surface area contributed by atoms with Gasteiger partial charge in [0.1, 0.15) is 0 Å². The molecule has 17 heavy (non-hydrogen) atoms. The van der Waals surface area contributed by atoms with Crippen LogP contribution in [-0.2, 0) is 5.54 Å². The molecule has 0 aromatic heterocycles. The third-order valence-electron chi connectivity index (χ3n) is 3.67. The van der Waals surface area contributed by atoms with E-state index in [9.17, 15) is 5.11 Å². The maximum Gasteiger partial charge on any atom is 0.163 e. The molecular formula is C13H18BrNO2. The SMILES string of the molecule is COc1cc(Br)c(C)c(C2(N)CCCC2)c1O. The molecule has 1 aliphatic carbocycles. The number of methoxy groups -OCH3 is 1. The fraction of sp³-hybridized carbons (Fsp3) is 0.538. The first-order chi connectivity index (χ1) is 7.99. The van der Waals surface area contributed by atoms with E-state index in [0.717, 1.165) is 41.3 Å². The van der Waals surface area contributed by atoms with Crippen molar-refractivity contribution in [2.75, 3.05) is 7.11 Å². The van der Waals surface area contributed by atoms with Gasteiger partial charge in [0.05, 0.1) is 7.11 Å². The summed E-state index contributed by atoms with van der Waals surface area (Å²) >= 11 is 3.50. The Morgan fingerprint density at radius 3 is 2.53 bits per heavy atom. The largest absolute Gasteiger partial charge is 0.504 e. The minimum atomic E-state index is -0.411. The van der Waals surface area contributed by atoms with Gasteiger partial charge >= 0.3 is 0 Å². The maximum absolute atomic E-state index is 10.3. The summed E-state index contributed by atoms with van der Waals surface area (Å²) in [7, 11) is 1.55. The Balaban J connectivity index is 2.62. The number of ether oxygens (including phenoxy) is 1. The number of halogens is 1. The molecule has 1 saturated carbocycles. The number of nitrogens with two attached hydrogens (primary N) is 1. The zero-order chi connectivity index (χ0) is 12.6. The Kier molecular flexibility index (Phi) is 3.36. The minimum absolute atomic E-state index is 0.192. The topological polar surface area (TPSA) is 55.5 Å². The molecule has 0 radical (unpaired) electrons. The average molecular weight is 300 g/mol. The third-order valence-corrected chi connectivity index (χ3v) is 4.50. The summed E-state index contributed by atoms with van der Waals surface area (Å²) in [6, 6.07) is 1.78. The second-order valence-corrected chi connectivity index (χ2v) is 5.63. The Bertz CT molecular complexity index is 440. The van der Waals surface area contributed by atoms with Crippen molar-refractivity contribution in [3.63, 3.8) is 0 Å². The van der Waals surface area contributed by atoms with E-state index < -0.39 is 5.54 Å². The summed E-state index contributed by atoms with van der Waals surface area (Å²) in [5.74, 6) is 0.673. The molecule has 0 atom stereocenters. The lowest BCUT2D eigenvalue weighted by Crippen LogP contribution is -2.34. The van der Waals surface area contributed by atoms with Gasteiger partial charge in [-0.1, -0.05) is 28.8 Å². The van der Waals surface area contributed by atoms with E-state index in [-0.39, 0.29) is 5.75 Å². The lowest BCUT2D eigenvalue weighted by molar-refractivity contribution is 0.354. The van der Waals surface area contributed by atoms with E-state index in [1.807, 2.05) is 6.92 Å². The van der Waals surface area contributed by atoms with Crippen LogP contribution in [0.3, 0.4) is 0 Å². The van der Waals surface area contributed by atoms with Gasteiger partial charge in [0.15, 0.2) is 11.5 Å². The molecule has 94 valence electrons. The number of benzene rings is 1. The highest BCUT2D eigenvalue weighted by Crippen LogP contribution is 2.47. The number of phenols is 1. The van der Waals surface area contributed by atoms with Crippen molar-refractivity contribution >= 4 is 15.9 Å². The van der Waals surface area contributed by atoms with E-state index in [1.165, 1.54) is 0 Å². The number of rotatable bonds is 2. The van der Waals surface area contributed by atoms with Crippen LogP contribution in [-0.4, -0.2) is 12.2 Å². The van der Waals surface area contributed by atoms with Crippen molar-refractivity contribution < 1.29 is 9.84 Å². The third kappa shape index (κ3) is 2.04. The Morgan fingerprint density at radius 1 is 1.41 bits per heavy atom. The lowest BCUT2D eigenvalue weighted by atomic mass is 9.85. The molecule has 4 heteroatoms. The van der Waals surface area contributed by atoms with Crippen LogP contribution in [0.25, 0.3) is 0 Å². The maximum atomic E-state index is 10.3. The quantitative estimate of drug-likeness (QED) is 0.882. The van der Waals surface area contributed by atoms with E-state index in [2.05, 4.69) is 15.9 Å². The predicted octanol–water partition coefficient (Wildman–Crippen LogP) is 3.20. The van der Waals surface area contributed by atoms with Gasteiger partial charge in [-0.3, -0.25) is 0 Å². The van der Waals surface area contributed by atoms with Gasteiger partial charge in [-0.05, 0) is 31.4 Å². The zero-order valence-electron chi connectivity index (χ0n) is 10.2. The van der Waals surface area contributed by atoms with Crippen molar-refractivity contribution in [3.05, 3.63) is 21.7 Å². The number of phenolic OH excluding ortho intramolecular Hbond substituents is 1. The average Bonchev–Trinajstić information content (AvgIpc) is 2.71. The normalized spacial score (nSPS) is 18.4. The van der Waals surface area contributed by atoms with E-state index in [1.54, 1.807) is 13.2 Å². The van der Waals surface area contributed by atoms with Crippen molar-refractivity contribution in [3.8, 4) is 11.5 Å². The smallest absolute Gasteiger partial charge is 0.163 e. The van der Waals surface area contributed by atoms with E-state index in [4.69, 9.17) is 10.5 Å². The van der Waals surface area contributed by atoms with Crippen LogP contribution in [0.5, 0.6) is 11.5 Å². The monoisotopic (exact) mass is 299 g/mol. The van der Waals surface area contributed by atoms with Gasteiger partial charge in [0, 0.05) is 15.6 Å². The second kappa shape index (κ2) is 4.50. The summed E-state index contributed by atoms with van der Waals surface area (Å²) in [5, 5.41) is 10.3. The molecule has 0 saturated heterocycles. The summed E-state index contributed by atoms with van der Waals surface area (Å²) in [5.41, 5.74) is 7.87. The molecule has 2 rings (SSSR count). The Labute approximate surface area is 110 Å². The van der Waals surface area contributed by atoms with Crippen molar-refractivity contribution in [2.45, 2.75) is 38.1 Å². The molecule has 3 N–H and O–H groups in total. The van der Waals surface area contributed by atoms with E-state index in [0.29, 0.717) is 5.75 Å². The van der Waals surface area contributed by atoms with Crippen LogP contribution in [0.4, 0.5) is 0 Å². The summed E-state index contributed by atoms with van der Waals surface area (Å²) in [6.07, 6.45) is 4.07. The van der Waals surface area contributed by atoms with Gasteiger partial charge < -0.3 is 15.6 Å². The Hall–Kier alpha value is -0.740. The molecule has 0 aliphatic heterocycles. The van der Waals surface area contributed by atoms with Gasteiger partial charge in [0.2, 0.25) is 0 Å². The molecule has 1 fully saturated rings. The summed E-state index contributed by atoms with van der Waals surface area (Å²) in [6.45, 7) is 1.98. The first kappa shape index (κ1) is 12.7. The molecular weight excluding hydrogens is 282 g/mol. The van der Waals surface area contributed by atoms with Crippen LogP contribution in [0.15, 0.2) is 10.5 Å². The standard InChI is InChI=1S/C13H18BrNO2/c1-8-9(14)7-10(17-2)12(16)11(8)13(15)5-3-4-6-13/h7,16H,3-6,15H2,1-2H3. The number of hydrogen-bond acceptors (Lipinski definition) is 3. The van der Waals surface area contributed by atoms with Gasteiger partial charge in [-0.15, -0.1) is 0 Å². The van der Waals surface area contributed by atoms with Crippen molar-refractivity contribution in [1.29, 1.82) is 0 Å². The van der Waals surface area contributed by atoms with Crippen LogP contribution >= 0.6 is 15.9 Å². The molecule has 0 unspecified atom stereocenters.